The lowest BCUT2D eigenvalue weighted by molar-refractivity contribution is 0.0948. The van der Waals surface area contributed by atoms with Gasteiger partial charge in [-0.15, -0.1) is 0 Å². The highest BCUT2D eigenvalue weighted by Crippen LogP contribution is 2.36. The second-order valence-corrected chi connectivity index (χ2v) is 4.00. The molecule has 0 atom stereocenters. The molecule has 2 nitrogen and oxygen atoms in total. The van der Waals surface area contributed by atoms with E-state index in [4.69, 9.17) is 5.73 Å². The van der Waals surface area contributed by atoms with E-state index < -0.39 is 5.54 Å². The number of benzene rings is 1. The number of hydrogen-bond acceptors (Lipinski definition) is 2. The van der Waals surface area contributed by atoms with E-state index in [1.165, 1.54) is 0 Å². The molecule has 14 heavy (non-hydrogen) atoms. The minimum atomic E-state index is -0.536. The molecule has 2 N–H and O–H groups in total. The molecule has 1 fully saturated rings. The first kappa shape index (κ1) is 9.41. The first-order valence-corrected chi connectivity index (χ1v) is 5.09. The molecular weight excluding hydrogens is 174 g/mol. The lowest BCUT2D eigenvalue weighted by Gasteiger charge is -2.10. The van der Waals surface area contributed by atoms with Crippen LogP contribution < -0.4 is 5.73 Å². The highest BCUT2D eigenvalue weighted by molar-refractivity contribution is 6.06. The van der Waals surface area contributed by atoms with Crippen LogP contribution in [0.5, 0.6) is 0 Å². The monoisotopic (exact) mass is 189 g/mol. The van der Waals surface area contributed by atoms with E-state index in [-0.39, 0.29) is 5.78 Å². The van der Waals surface area contributed by atoms with E-state index in [0.717, 1.165) is 30.4 Å². The van der Waals surface area contributed by atoms with Gasteiger partial charge in [-0.05, 0) is 24.8 Å². The van der Waals surface area contributed by atoms with Crippen molar-refractivity contribution in [2.75, 3.05) is 0 Å². The van der Waals surface area contributed by atoms with Gasteiger partial charge in [0.15, 0.2) is 5.78 Å². The van der Waals surface area contributed by atoms with Crippen LogP contribution in [0.15, 0.2) is 24.3 Å². The van der Waals surface area contributed by atoms with Gasteiger partial charge in [0, 0.05) is 5.56 Å². The summed E-state index contributed by atoms with van der Waals surface area (Å²) in [6.07, 6.45) is 2.56. The summed E-state index contributed by atoms with van der Waals surface area (Å²) in [6.45, 7) is 2.06. The van der Waals surface area contributed by atoms with Crippen molar-refractivity contribution in [3.05, 3.63) is 35.4 Å². The highest BCUT2D eigenvalue weighted by atomic mass is 16.1. The minimum absolute atomic E-state index is 0.120. The molecule has 0 spiro atoms. The van der Waals surface area contributed by atoms with Crippen LogP contribution in [0, 0.1) is 0 Å². The number of carbonyl (C=O) groups is 1. The van der Waals surface area contributed by atoms with Gasteiger partial charge in [0.2, 0.25) is 0 Å². The van der Waals surface area contributed by atoms with Crippen LogP contribution in [-0.2, 0) is 6.42 Å². The average molecular weight is 189 g/mol. The maximum atomic E-state index is 12.0. The fourth-order valence-corrected chi connectivity index (χ4v) is 1.68. The van der Waals surface area contributed by atoms with E-state index in [1.54, 1.807) is 0 Å². The Morgan fingerprint density at radius 2 is 2.07 bits per heavy atom. The SMILES string of the molecule is CCc1ccccc1C(=O)C1(N)CC1. The third-order valence-corrected chi connectivity index (χ3v) is 2.88. The van der Waals surface area contributed by atoms with Gasteiger partial charge in [0.25, 0.3) is 0 Å². The van der Waals surface area contributed by atoms with Crippen molar-refractivity contribution in [3.8, 4) is 0 Å². The molecule has 0 amide bonds. The molecule has 2 rings (SSSR count). The molecule has 0 radical (unpaired) electrons. The van der Waals surface area contributed by atoms with Crippen molar-refractivity contribution in [3.63, 3.8) is 0 Å². The van der Waals surface area contributed by atoms with Gasteiger partial charge < -0.3 is 5.73 Å². The Bertz CT molecular complexity index is 366. The van der Waals surface area contributed by atoms with Crippen molar-refractivity contribution in [2.24, 2.45) is 5.73 Å². The molecule has 1 aromatic carbocycles. The number of nitrogens with two attached hydrogens (primary N) is 1. The van der Waals surface area contributed by atoms with Crippen molar-refractivity contribution in [1.82, 2.24) is 0 Å². The number of Topliss-reactive ketones (excluding diaryl/α,β-unsaturated/α-hetero) is 1. The molecule has 0 bridgehead atoms. The maximum Gasteiger partial charge on any atom is 0.182 e. The van der Waals surface area contributed by atoms with E-state index in [0.29, 0.717) is 0 Å². The van der Waals surface area contributed by atoms with Crippen molar-refractivity contribution in [1.29, 1.82) is 0 Å². The Morgan fingerprint density at radius 1 is 1.43 bits per heavy atom. The van der Waals surface area contributed by atoms with E-state index in [2.05, 4.69) is 6.92 Å². The number of carbonyl (C=O) groups excluding carboxylic acids is 1. The zero-order valence-corrected chi connectivity index (χ0v) is 8.42. The van der Waals surface area contributed by atoms with Crippen LogP contribution in [0.3, 0.4) is 0 Å². The zero-order chi connectivity index (χ0) is 10.2. The molecule has 1 aliphatic rings. The average Bonchev–Trinajstić information content (AvgIpc) is 2.97. The molecular formula is C12H15NO. The Balaban J connectivity index is 2.35. The molecule has 0 aromatic heterocycles. The number of hydrogen-bond donors (Lipinski definition) is 1. The fraction of sp³-hybridized carbons (Fsp3) is 0.417. The topological polar surface area (TPSA) is 43.1 Å². The minimum Gasteiger partial charge on any atom is -0.319 e. The summed E-state index contributed by atoms with van der Waals surface area (Å²) in [7, 11) is 0. The Morgan fingerprint density at radius 3 is 2.64 bits per heavy atom. The molecule has 0 aliphatic heterocycles. The first-order valence-electron chi connectivity index (χ1n) is 5.09. The maximum absolute atomic E-state index is 12.0. The zero-order valence-electron chi connectivity index (χ0n) is 8.42. The van der Waals surface area contributed by atoms with Gasteiger partial charge in [-0.1, -0.05) is 31.2 Å². The van der Waals surface area contributed by atoms with E-state index in [1.807, 2.05) is 24.3 Å². The van der Waals surface area contributed by atoms with Crippen molar-refractivity contribution < 1.29 is 4.79 Å². The van der Waals surface area contributed by atoms with Gasteiger partial charge >= 0.3 is 0 Å². The molecule has 0 saturated heterocycles. The number of aryl methyl sites for hydroxylation is 1. The lowest BCUT2D eigenvalue weighted by Crippen LogP contribution is -2.33. The molecule has 0 heterocycles. The summed E-state index contributed by atoms with van der Waals surface area (Å²) in [4.78, 5) is 12.0. The van der Waals surface area contributed by atoms with Crippen LogP contribution in [-0.4, -0.2) is 11.3 Å². The van der Waals surface area contributed by atoms with Crippen LogP contribution in [0.25, 0.3) is 0 Å². The van der Waals surface area contributed by atoms with E-state index in [9.17, 15) is 4.79 Å². The lowest BCUT2D eigenvalue weighted by atomic mass is 9.96. The standard InChI is InChI=1S/C12H15NO/c1-2-9-5-3-4-6-10(9)11(14)12(13)7-8-12/h3-6H,2,7-8,13H2,1H3. The van der Waals surface area contributed by atoms with E-state index >= 15 is 0 Å². The summed E-state index contributed by atoms with van der Waals surface area (Å²) < 4.78 is 0. The fourth-order valence-electron chi connectivity index (χ4n) is 1.68. The predicted molar refractivity (Wildman–Crippen MR) is 56.3 cm³/mol. The second kappa shape index (κ2) is 3.21. The summed E-state index contributed by atoms with van der Waals surface area (Å²) in [5.74, 6) is 0.120. The van der Waals surface area contributed by atoms with Crippen molar-refractivity contribution >= 4 is 5.78 Å². The second-order valence-electron chi connectivity index (χ2n) is 4.00. The Hall–Kier alpha value is -1.15. The quantitative estimate of drug-likeness (QED) is 0.738. The van der Waals surface area contributed by atoms with Crippen LogP contribution in [0.4, 0.5) is 0 Å². The number of ketones is 1. The smallest absolute Gasteiger partial charge is 0.182 e. The predicted octanol–water partition coefficient (Wildman–Crippen LogP) is 1.92. The third-order valence-electron chi connectivity index (χ3n) is 2.88. The van der Waals surface area contributed by atoms with Gasteiger partial charge in [-0.3, -0.25) is 4.79 Å². The number of rotatable bonds is 3. The van der Waals surface area contributed by atoms with Gasteiger partial charge in [0.1, 0.15) is 0 Å². The molecule has 2 heteroatoms. The molecule has 74 valence electrons. The van der Waals surface area contributed by atoms with Crippen LogP contribution in [0.2, 0.25) is 0 Å². The van der Waals surface area contributed by atoms with Crippen LogP contribution in [0.1, 0.15) is 35.7 Å². The largest absolute Gasteiger partial charge is 0.319 e. The van der Waals surface area contributed by atoms with Gasteiger partial charge in [0.05, 0.1) is 5.54 Å². The van der Waals surface area contributed by atoms with Gasteiger partial charge in [-0.25, -0.2) is 0 Å². The Kier molecular flexibility index (Phi) is 2.16. The van der Waals surface area contributed by atoms with Gasteiger partial charge in [-0.2, -0.15) is 0 Å². The highest BCUT2D eigenvalue weighted by Gasteiger charge is 2.46. The first-order chi connectivity index (χ1) is 6.67. The summed E-state index contributed by atoms with van der Waals surface area (Å²) in [5.41, 5.74) is 7.28. The molecule has 1 aromatic rings. The summed E-state index contributed by atoms with van der Waals surface area (Å²) in [5, 5.41) is 0. The molecule has 0 unspecified atom stereocenters. The molecule has 1 saturated carbocycles. The summed E-state index contributed by atoms with van der Waals surface area (Å²) >= 11 is 0. The van der Waals surface area contributed by atoms with Crippen LogP contribution >= 0.6 is 0 Å². The molecule has 1 aliphatic carbocycles. The van der Waals surface area contributed by atoms with Crippen molar-refractivity contribution in [2.45, 2.75) is 31.7 Å². The normalized spacial score (nSPS) is 17.9. The Labute approximate surface area is 84.1 Å². The summed E-state index contributed by atoms with van der Waals surface area (Å²) in [6, 6.07) is 7.75. The third kappa shape index (κ3) is 1.46.